The normalized spacial score (nSPS) is 16.3. The minimum atomic E-state index is -1.14. The molecule has 0 aliphatic carbocycles. The van der Waals surface area contributed by atoms with Gasteiger partial charge in [0.25, 0.3) is 0 Å². The molecule has 130 valence electrons. The van der Waals surface area contributed by atoms with E-state index >= 15 is 0 Å². The monoisotopic (exact) mass is 380 g/mol. The quantitative estimate of drug-likeness (QED) is 0.649. The van der Waals surface area contributed by atoms with Gasteiger partial charge in [-0.25, -0.2) is 8.78 Å². The van der Waals surface area contributed by atoms with E-state index in [1.54, 1.807) is 26.0 Å². The Bertz CT molecular complexity index is 886. The fraction of sp³-hybridized carbons (Fsp3) is 0.211. The van der Waals surface area contributed by atoms with Crippen LogP contribution in [0.15, 0.2) is 41.3 Å². The second kappa shape index (κ2) is 6.46. The van der Waals surface area contributed by atoms with E-state index in [1.807, 2.05) is 12.3 Å². The number of carbonyl (C=O) groups is 1. The summed E-state index contributed by atoms with van der Waals surface area (Å²) in [7, 11) is 0. The summed E-state index contributed by atoms with van der Waals surface area (Å²) < 4.78 is 33.2. The van der Waals surface area contributed by atoms with Crippen molar-refractivity contribution in [1.82, 2.24) is 0 Å². The number of thioether (sulfide) groups is 1. The predicted octanol–water partition coefficient (Wildman–Crippen LogP) is 5.59. The first-order valence-corrected chi connectivity index (χ1v) is 9.11. The lowest BCUT2D eigenvalue weighted by Crippen LogP contribution is -2.29. The van der Waals surface area contributed by atoms with E-state index in [4.69, 9.17) is 16.3 Å². The van der Waals surface area contributed by atoms with Gasteiger partial charge in [-0.2, -0.15) is 0 Å². The van der Waals surface area contributed by atoms with Crippen molar-refractivity contribution in [2.24, 2.45) is 0 Å². The van der Waals surface area contributed by atoms with Crippen molar-refractivity contribution in [3.63, 3.8) is 0 Å². The fourth-order valence-electron chi connectivity index (χ4n) is 2.71. The van der Waals surface area contributed by atoms with E-state index in [2.05, 4.69) is 0 Å². The van der Waals surface area contributed by atoms with Crippen LogP contribution in [-0.4, -0.2) is 17.6 Å². The number of hydrogen-bond acceptors (Lipinski definition) is 3. The number of halogens is 3. The van der Waals surface area contributed by atoms with Gasteiger partial charge in [-0.05, 0) is 56.0 Å². The molecule has 1 aliphatic heterocycles. The van der Waals surface area contributed by atoms with Crippen molar-refractivity contribution >= 4 is 40.5 Å². The molecule has 1 heterocycles. The Kier molecular flexibility index (Phi) is 4.64. The summed E-state index contributed by atoms with van der Waals surface area (Å²) in [5.74, 6) is -1.64. The molecule has 0 saturated carbocycles. The Morgan fingerprint density at radius 2 is 1.72 bits per heavy atom. The lowest BCUT2D eigenvalue weighted by atomic mass is 9.92. The number of benzene rings is 2. The molecule has 1 aliphatic rings. The summed E-state index contributed by atoms with van der Waals surface area (Å²) in [5.41, 5.74) is -0.372. The van der Waals surface area contributed by atoms with E-state index in [-0.39, 0.29) is 22.7 Å². The van der Waals surface area contributed by atoms with E-state index in [0.717, 1.165) is 23.1 Å². The van der Waals surface area contributed by atoms with E-state index < -0.39 is 17.2 Å². The van der Waals surface area contributed by atoms with Crippen LogP contribution in [0.25, 0.3) is 11.3 Å². The molecular weight excluding hydrogens is 366 g/mol. The lowest BCUT2D eigenvalue weighted by Gasteiger charge is -2.18. The molecule has 3 rings (SSSR count). The number of ether oxygens (including phenoxy) is 1. The average molecular weight is 381 g/mol. The zero-order valence-electron chi connectivity index (χ0n) is 13.8. The third kappa shape index (κ3) is 3.31. The molecule has 0 spiro atoms. The zero-order valence-corrected chi connectivity index (χ0v) is 15.4. The molecule has 2 aromatic carbocycles. The van der Waals surface area contributed by atoms with Crippen molar-refractivity contribution in [1.29, 1.82) is 0 Å². The molecule has 6 heteroatoms. The predicted molar refractivity (Wildman–Crippen MR) is 96.6 cm³/mol. The van der Waals surface area contributed by atoms with Crippen molar-refractivity contribution < 1.29 is 18.3 Å². The van der Waals surface area contributed by atoms with Crippen LogP contribution in [0.1, 0.15) is 25.0 Å². The number of carbonyl (C=O) groups excluding carboxylic acids is 1. The Labute approximate surface area is 153 Å². The second-order valence-corrected chi connectivity index (χ2v) is 7.44. The Hall–Kier alpha value is -1.85. The standard InChI is InChI=1S/C19H15ClF2O2S/c1-19(2)18(23)16(10-6-11(21)8-12(22)7-10)17(24-19)14-5-4-13(25-3)9-15(14)20/h4-9H,1-3H3. The van der Waals surface area contributed by atoms with Crippen LogP contribution in [0.4, 0.5) is 8.78 Å². The smallest absolute Gasteiger partial charge is 0.210 e. The van der Waals surface area contributed by atoms with Crippen LogP contribution in [-0.2, 0) is 9.53 Å². The van der Waals surface area contributed by atoms with Gasteiger partial charge in [0.2, 0.25) is 5.78 Å². The minimum absolute atomic E-state index is 0.127. The van der Waals surface area contributed by atoms with E-state index in [9.17, 15) is 13.6 Å². The summed E-state index contributed by atoms with van der Waals surface area (Å²) in [6, 6.07) is 8.35. The molecule has 0 radical (unpaired) electrons. The van der Waals surface area contributed by atoms with Crippen LogP contribution in [0.5, 0.6) is 0 Å². The third-order valence-electron chi connectivity index (χ3n) is 3.93. The molecule has 0 atom stereocenters. The Morgan fingerprint density at radius 3 is 2.28 bits per heavy atom. The van der Waals surface area contributed by atoms with E-state index in [0.29, 0.717) is 10.6 Å². The molecule has 0 fully saturated rings. The minimum Gasteiger partial charge on any atom is -0.478 e. The fourth-order valence-corrected chi connectivity index (χ4v) is 3.48. The second-order valence-electron chi connectivity index (χ2n) is 6.15. The summed E-state index contributed by atoms with van der Waals surface area (Å²) >= 11 is 7.89. The van der Waals surface area contributed by atoms with Crippen LogP contribution in [0.2, 0.25) is 5.02 Å². The van der Waals surface area contributed by atoms with Crippen molar-refractivity contribution in [2.75, 3.05) is 6.26 Å². The number of rotatable bonds is 3. The maximum Gasteiger partial charge on any atom is 0.210 e. The average Bonchev–Trinajstić information content (AvgIpc) is 2.76. The van der Waals surface area contributed by atoms with Crippen LogP contribution < -0.4 is 0 Å². The van der Waals surface area contributed by atoms with Gasteiger partial charge in [-0.1, -0.05) is 11.6 Å². The summed E-state index contributed by atoms with van der Waals surface area (Å²) in [5, 5.41) is 0.404. The molecule has 2 aromatic rings. The molecule has 0 saturated heterocycles. The Morgan fingerprint density at radius 1 is 1.08 bits per heavy atom. The lowest BCUT2D eigenvalue weighted by molar-refractivity contribution is -0.125. The zero-order chi connectivity index (χ0) is 18.4. The molecule has 0 unspecified atom stereocenters. The van der Waals surface area contributed by atoms with Crippen molar-refractivity contribution in [3.8, 4) is 0 Å². The SMILES string of the molecule is CSc1ccc(C2=C(c3cc(F)cc(F)c3)C(=O)C(C)(C)O2)c(Cl)c1. The number of Topliss-reactive ketones (excluding diaryl/α,β-unsaturated/α-hetero) is 1. The maximum atomic E-state index is 13.7. The maximum absolute atomic E-state index is 13.7. The van der Waals surface area contributed by atoms with Gasteiger partial charge in [0.1, 0.15) is 17.4 Å². The molecule has 0 N–H and O–H groups in total. The summed E-state index contributed by atoms with van der Waals surface area (Å²) in [4.78, 5) is 13.7. The van der Waals surface area contributed by atoms with Gasteiger partial charge in [0.05, 0.1) is 10.6 Å². The van der Waals surface area contributed by atoms with Crippen LogP contribution >= 0.6 is 23.4 Å². The first kappa shape index (κ1) is 18.0. The van der Waals surface area contributed by atoms with Gasteiger partial charge in [-0.15, -0.1) is 11.8 Å². The molecular formula is C19H15ClF2O2S. The van der Waals surface area contributed by atoms with Crippen LogP contribution in [0.3, 0.4) is 0 Å². The van der Waals surface area contributed by atoms with Gasteiger partial charge in [0, 0.05) is 16.5 Å². The first-order chi connectivity index (χ1) is 11.7. The highest BCUT2D eigenvalue weighted by molar-refractivity contribution is 7.98. The van der Waals surface area contributed by atoms with Gasteiger partial charge >= 0.3 is 0 Å². The molecule has 25 heavy (non-hydrogen) atoms. The highest BCUT2D eigenvalue weighted by Crippen LogP contribution is 2.43. The number of hydrogen-bond donors (Lipinski definition) is 0. The highest BCUT2D eigenvalue weighted by atomic mass is 35.5. The van der Waals surface area contributed by atoms with E-state index in [1.165, 1.54) is 11.8 Å². The Balaban J connectivity index is 2.25. The highest BCUT2D eigenvalue weighted by Gasteiger charge is 2.43. The van der Waals surface area contributed by atoms with Crippen LogP contribution in [0, 0.1) is 11.6 Å². The largest absolute Gasteiger partial charge is 0.478 e. The summed E-state index contributed by atoms with van der Waals surface area (Å²) in [6.45, 7) is 3.23. The summed E-state index contributed by atoms with van der Waals surface area (Å²) in [6.07, 6.45) is 1.92. The van der Waals surface area contributed by atoms with Gasteiger partial charge in [-0.3, -0.25) is 4.79 Å². The van der Waals surface area contributed by atoms with Gasteiger partial charge in [0.15, 0.2) is 5.60 Å². The van der Waals surface area contributed by atoms with Gasteiger partial charge < -0.3 is 4.74 Å². The topological polar surface area (TPSA) is 26.3 Å². The first-order valence-electron chi connectivity index (χ1n) is 7.51. The third-order valence-corrected chi connectivity index (χ3v) is 4.97. The van der Waals surface area contributed by atoms with Crippen molar-refractivity contribution in [2.45, 2.75) is 24.3 Å². The molecule has 0 aromatic heterocycles. The number of ketones is 1. The molecule has 0 bridgehead atoms. The molecule has 0 amide bonds. The van der Waals surface area contributed by atoms with Crippen molar-refractivity contribution in [3.05, 3.63) is 64.2 Å². The molecule has 2 nitrogen and oxygen atoms in total.